The highest BCUT2D eigenvalue weighted by molar-refractivity contribution is 7.89. The van der Waals surface area contributed by atoms with E-state index >= 15 is 0 Å². The van der Waals surface area contributed by atoms with Crippen molar-refractivity contribution in [1.29, 1.82) is 0 Å². The number of halogens is 1. The normalized spacial score (nSPS) is 19.7. The summed E-state index contributed by atoms with van der Waals surface area (Å²) in [6.45, 7) is 0.689. The zero-order valence-corrected chi connectivity index (χ0v) is 13.0. The summed E-state index contributed by atoms with van der Waals surface area (Å²) in [4.78, 5) is -0.392. The van der Waals surface area contributed by atoms with Crippen LogP contribution >= 0.6 is 0 Å². The van der Waals surface area contributed by atoms with Gasteiger partial charge in [-0.1, -0.05) is 0 Å². The fourth-order valence-corrected chi connectivity index (χ4v) is 3.92. The van der Waals surface area contributed by atoms with Crippen LogP contribution in [0.15, 0.2) is 17.0 Å². The molecular formula is C13H19FN2O4S. The fourth-order valence-electron chi connectivity index (χ4n) is 2.35. The number of hydrogen-bond acceptors (Lipinski definition) is 5. The van der Waals surface area contributed by atoms with E-state index in [1.807, 2.05) is 0 Å². The molecular weight excluding hydrogens is 299 g/mol. The molecule has 118 valence electrons. The zero-order valence-electron chi connectivity index (χ0n) is 12.2. The highest BCUT2D eigenvalue weighted by Crippen LogP contribution is 2.33. The average Bonchev–Trinajstić information content (AvgIpc) is 2.96. The Bertz CT molecular complexity index is 621. The standard InChI is InChI=1S/C13H19FN2O4S/c1-15-9-4-5-16(8-9)21(17,18)13-7-12(20-3)11(19-2)6-10(13)14/h6-7,9,15H,4-5,8H2,1-3H3. The van der Waals surface area contributed by atoms with Gasteiger partial charge in [0.05, 0.1) is 14.2 Å². The van der Waals surface area contributed by atoms with Gasteiger partial charge in [-0.15, -0.1) is 0 Å². The minimum atomic E-state index is -3.89. The first-order valence-corrected chi connectivity index (χ1v) is 7.97. The maximum absolute atomic E-state index is 14.1. The van der Waals surface area contributed by atoms with Crippen LogP contribution in [0, 0.1) is 5.82 Å². The third-order valence-corrected chi connectivity index (χ3v) is 5.50. The number of methoxy groups -OCH3 is 2. The lowest BCUT2D eigenvalue weighted by Gasteiger charge is -2.18. The Hall–Kier alpha value is -1.38. The van der Waals surface area contributed by atoms with Crippen molar-refractivity contribution >= 4 is 10.0 Å². The largest absolute Gasteiger partial charge is 0.493 e. The second-order valence-electron chi connectivity index (χ2n) is 4.77. The van der Waals surface area contributed by atoms with Crippen molar-refractivity contribution in [1.82, 2.24) is 9.62 Å². The molecule has 1 aliphatic rings. The molecule has 1 saturated heterocycles. The topological polar surface area (TPSA) is 67.9 Å². The molecule has 0 amide bonds. The molecule has 8 heteroatoms. The lowest BCUT2D eigenvalue weighted by Crippen LogP contribution is -2.33. The summed E-state index contributed by atoms with van der Waals surface area (Å²) in [5.74, 6) is -0.508. The van der Waals surface area contributed by atoms with Gasteiger partial charge in [0.1, 0.15) is 10.7 Å². The van der Waals surface area contributed by atoms with Gasteiger partial charge < -0.3 is 14.8 Å². The monoisotopic (exact) mass is 318 g/mol. The molecule has 2 rings (SSSR count). The van der Waals surface area contributed by atoms with Crippen LogP contribution < -0.4 is 14.8 Å². The fraction of sp³-hybridized carbons (Fsp3) is 0.538. The minimum absolute atomic E-state index is 0.0861. The molecule has 0 spiro atoms. The van der Waals surface area contributed by atoms with Gasteiger partial charge in [0, 0.05) is 31.3 Å². The maximum atomic E-state index is 14.1. The Kier molecular flexibility index (Phi) is 4.70. The summed E-state index contributed by atoms with van der Waals surface area (Å²) in [6, 6.07) is 2.27. The molecule has 1 aromatic carbocycles. The lowest BCUT2D eigenvalue weighted by molar-refractivity contribution is 0.349. The summed E-state index contributed by atoms with van der Waals surface area (Å²) in [7, 11) is 0.627. The lowest BCUT2D eigenvalue weighted by atomic mass is 10.3. The van der Waals surface area contributed by atoms with Crippen molar-refractivity contribution in [3.63, 3.8) is 0 Å². The number of nitrogens with one attached hydrogen (secondary N) is 1. The number of benzene rings is 1. The van der Waals surface area contributed by atoms with Crippen LogP contribution in [0.3, 0.4) is 0 Å². The first-order valence-electron chi connectivity index (χ1n) is 6.53. The van der Waals surface area contributed by atoms with Gasteiger partial charge in [0.25, 0.3) is 0 Å². The number of hydrogen-bond donors (Lipinski definition) is 1. The van der Waals surface area contributed by atoms with E-state index < -0.39 is 20.7 Å². The van der Waals surface area contributed by atoms with Gasteiger partial charge in [-0.2, -0.15) is 4.31 Å². The van der Waals surface area contributed by atoms with Crippen molar-refractivity contribution in [2.45, 2.75) is 17.4 Å². The van der Waals surface area contributed by atoms with E-state index in [0.29, 0.717) is 19.5 Å². The molecule has 21 heavy (non-hydrogen) atoms. The van der Waals surface area contributed by atoms with E-state index in [4.69, 9.17) is 9.47 Å². The van der Waals surface area contributed by atoms with Crippen molar-refractivity contribution in [3.05, 3.63) is 17.9 Å². The molecule has 0 bridgehead atoms. The van der Waals surface area contributed by atoms with Gasteiger partial charge in [-0.3, -0.25) is 0 Å². The summed E-state index contributed by atoms with van der Waals surface area (Å²) in [5, 5.41) is 3.03. The summed E-state index contributed by atoms with van der Waals surface area (Å²) in [5.41, 5.74) is 0. The molecule has 1 aliphatic heterocycles. The summed E-state index contributed by atoms with van der Waals surface area (Å²) in [6.07, 6.45) is 0.699. The second-order valence-corrected chi connectivity index (χ2v) is 6.68. The third-order valence-electron chi connectivity index (χ3n) is 3.62. The van der Waals surface area contributed by atoms with E-state index in [1.54, 1.807) is 7.05 Å². The Morgan fingerprint density at radius 2 is 1.90 bits per heavy atom. The number of sulfonamides is 1. The Labute approximate surface area is 123 Å². The molecule has 1 N–H and O–H groups in total. The third kappa shape index (κ3) is 2.97. The van der Waals surface area contributed by atoms with Crippen LogP contribution in [0.5, 0.6) is 11.5 Å². The first-order chi connectivity index (χ1) is 9.93. The number of nitrogens with zero attached hydrogens (tertiary/aromatic N) is 1. The van der Waals surface area contributed by atoms with Crippen LogP contribution in [0.25, 0.3) is 0 Å². The van der Waals surface area contributed by atoms with Crippen LogP contribution in [-0.2, 0) is 10.0 Å². The molecule has 1 heterocycles. The van der Waals surface area contributed by atoms with Crippen LogP contribution in [0.1, 0.15) is 6.42 Å². The number of ether oxygens (including phenoxy) is 2. The van der Waals surface area contributed by atoms with Crippen molar-refractivity contribution in [2.24, 2.45) is 0 Å². The molecule has 1 atom stereocenters. The highest BCUT2D eigenvalue weighted by Gasteiger charge is 2.34. The molecule has 0 aliphatic carbocycles. The smallest absolute Gasteiger partial charge is 0.246 e. The molecule has 1 unspecified atom stereocenters. The summed E-state index contributed by atoms with van der Waals surface area (Å²) < 4.78 is 50.5. The zero-order chi connectivity index (χ0) is 15.6. The predicted molar refractivity (Wildman–Crippen MR) is 75.7 cm³/mol. The molecule has 6 nitrogen and oxygen atoms in total. The SMILES string of the molecule is CNC1CCN(S(=O)(=O)c2cc(OC)c(OC)cc2F)C1. The molecule has 1 fully saturated rings. The molecule has 0 saturated carbocycles. The van der Waals surface area contributed by atoms with E-state index in [-0.39, 0.29) is 17.5 Å². The minimum Gasteiger partial charge on any atom is -0.493 e. The van der Waals surface area contributed by atoms with Crippen molar-refractivity contribution in [3.8, 4) is 11.5 Å². The quantitative estimate of drug-likeness (QED) is 0.871. The predicted octanol–water partition coefficient (Wildman–Crippen LogP) is 0.825. The number of likely N-dealkylation sites (N-methyl/N-ethyl adjacent to an activating group) is 1. The van der Waals surface area contributed by atoms with E-state index in [0.717, 1.165) is 12.1 Å². The Balaban J connectivity index is 2.41. The molecule has 0 radical (unpaired) electrons. The number of rotatable bonds is 5. The van der Waals surface area contributed by atoms with Gasteiger partial charge in [-0.25, -0.2) is 12.8 Å². The van der Waals surface area contributed by atoms with Crippen LogP contribution in [-0.4, -0.2) is 53.1 Å². The van der Waals surface area contributed by atoms with Crippen molar-refractivity contribution in [2.75, 3.05) is 34.4 Å². The highest BCUT2D eigenvalue weighted by atomic mass is 32.2. The Morgan fingerprint density at radius 1 is 1.29 bits per heavy atom. The van der Waals surface area contributed by atoms with Gasteiger partial charge in [-0.05, 0) is 13.5 Å². The van der Waals surface area contributed by atoms with E-state index in [9.17, 15) is 12.8 Å². The van der Waals surface area contributed by atoms with Gasteiger partial charge >= 0.3 is 0 Å². The maximum Gasteiger partial charge on any atom is 0.246 e. The first kappa shape index (κ1) is 16.0. The van der Waals surface area contributed by atoms with Crippen molar-refractivity contribution < 1.29 is 22.3 Å². The van der Waals surface area contributed by atoms with E-state index in [1.165, 1.54) is 18.5 Å². The van der Waals surface area contributed by atoms with Gasteiger partial charge in [0.2, 0.25) is 10.0 Å². The Morgan fingerprint density at radius 3 is 2.43 bits per heavy atom. The van der Waals surface area contributed by atoms with Crippen LogP contribution in [0.2, 0.25) is 0 Å². The van der Waals surface area contributed by atoms with Crippen LogP contribution in [0.4, 0.5) is 4.39 Å². The molecule has 1 aromatic rings. The van der Waals surface area contributed by atoms with Gasteiger partial charge in [0.15, 0.2) is 11.5 Å². The average molecular weight is 318 g/mol. The van der Waals surface area contributed by atoms with E-state index in [2.05, 4.69) is 5.32 Å². The molecule has 0 aromatic heterocycles. The summed E-state index contributed by atoms with van der Waals surface area (Å²) >= 11 is 0. The second kappa shape index (κ2) is 6.17.